The highest BCUT2D eigenvalue weighted by molar-refractivity contribution is 5.97. The zero-order chi connectivity index (χ0) is 21.2. The van der Waals surface area contributed by atoms with E-state index in [0.717, 1.165) is 53.1 Å². The first kappa shape index (κ1) is 19.5. The van der Waals surface area contributed by atoms with E-state index in [0.29, 0.717) is 5.56 Å². The summed E-state index contributed by atoms with van der Waals surface area (Å²) < 4.78 is 1.77. The van der Waals surface area contributed by atoms with Gasteiger partial charge in [-0.25, -0.2) is 0 Å². The number of hydrogen-bond donors (Lipinski definition) is 0. The molecule has 0 radical (unpaired) electrons. The van der Waals surface area contributed by atoms with Gasteiger partial charge in [-0.05, 0) is 50.2 Å². The normalized spacial score (nSPS) is 14.4. The summed E-state index contributed by atoms with van der Waals surface area (Å²) in [7, 11) is 1.89. The zero-order valence-corrected chi connectivity index (χ0v) is 17.5. The highest BCUT2D eigenvalue weighted by Gasteiger charge is 2.15. The number of likely N-dealkylation sites (tertiary alicyclic amines) is 1. The maximum atomic E-state index is 12.9. The summed E-state index contributed by atoms with van der Waals surface area (Å²) in [5.41, 5.74) is 5.18. The third-order valence-electron chi connectivity index (χ3n) is 5.73. The molecule has 5 rings (SSSR count). The van der Waals surface area contributed by atoms with Crippen molar-refractivity contribution in [2.45, 2.75) is 25.8 Å². The Kier molecular flexibility index (Phi) is 5.26. The summed E-state index contributed by atoms with van der Waals surface area (Å²) in [6.45, 7) is 3.02. The number of nitrogens with zero attached hydrogens (tertiary/aromatic N) is 6. The van der Waals surface area contributed by atoms with E-state index >= 15 is 0 Å². The molecule has 0 amide bonds. The van der Waals surface area contributed by atoms with Gasteiger partial charge in [-0.1, -0.05) is 0 Å². The lowest BCUT2D eigenvalue weighted by Gasteiger charge is -2.14. The first-order valence-electron chi connectivity index (χ1n) is 10.6. The molecular formula is C24H24N6O. The highest BCUT2D eigenvalue weighted by atomic mass is 16.1. The van der Waals surface area contributed by atoms with Gasteiger partial charge in [-0.3, -0.25) is 29.3 Å². The van der Waals surface area contributed by atoms with Gasteiger partial charge < -0.3 is 0 Å². The fourth-order valence-corrected chi connectivity index (χ4v) is 4.08. The van der Waals surface area contributed by atoms with E-state index in [4.69, 9.17) is 0 Å². The molecule has 1 aliphatic rings. The Labute approximate surface area is 180 Å². The lowest BCUT2D eigenvalue weighted by Crippen LogP contribution is -2.19. The van der Waals surface area contributed by atoms with Gasteiger partial charge in [0.05, 0.1) is 30.0 Å². The summed E-state index contributed by atoms with van der Waals surface area (Å²) >= 11 is 0. The molecule has 0 N–H and O–H groups in total. The maximum absolute atomic E-state index is 12.9. The Morgan fingerprint density at radius 3 is 2.65 bits per heavy atom. The predicted octanol–water partition coefficient (Wildman–Crippen LogP) is 3.45. The highest BCUT2D eigenvalue weighted by Crippen LogP contribution is 2.22. The predicted molar refractivity (Wildman–Crippen MR) is 119 cm³/mol. The topological polar surface area (TPSA) is 76.8 Å². The number of Topliss-reactive ketones (excluding diaryl/α,β-unsaturated/α-hetero) is 1. The molecule has 0 atom stereocenters. The van der Waals surface area contributed by atoms with Crippen LogP contribution in [0.3, 0.4) is 0 Å². The molecule has 0 spiro atoms. The van der Waals surface area contributed by atoms with Crippen molar-refractivity contribution in [1.29, 1.82) is 0 Å². The SMILES string of the molecule is Cn1cc(-c2cnc3cnc(CC(=O)c4ccnc(CN5CCCC5)c4)cc3c2)cn1. The fraction of sp³-hybridized carbons (Fsp3) is 0.292. The van der Waals surface area contributed by atoms with Crippen LogP contribution in [0.5, 0.6) is 0 Å². The quantitative estimate of drug-likeness (QED) is 0.452. The summed E-state index contributed by atoms with van der Waals surface area (Å²) in [6, 6.07) is 7.73. The second-order valence-corrected chi connectivity index (χ2v) is 8.11. The van der Waals surface area contributed by atoms with Crippen LogP contribution in [-0.4, -0.2) is 48.5 Å². The average Bonchev–Trinajstić information content (AvgIpc) is 3.45. The third kappa shape index (κ3) is 4.36. The number of pyridine rings is 3. The molecule has 0 aliphatic carbocycles. The summed E-state index contributed by atoms with van der Waals surface area (Å²) in [5.74, 6) is 0.0493. The molecule has 1 saturated heterocycles. The van der Waals surface area contributed by atoms with Crippen molar-refractivity contribution < 1.29 is 4.79 Å². The molecular weight excluding hydrogens is 388 g/mol. The largest absolute Gasteiger partial charge is 0.298 e. The Hall–Kier alpha value is -3.45. The molecule has 1 fully saturated rings. The van der Waals surface area contributed by atoms with Gasteiger partial charge in [0.1, 0.15) is 0 Å². The van der Waals surface area contributed by atoms with Crippen molar-refractivity contribution in [3.8, 4) is 11.1 Å². The number of ketones is 1. The smallest absolute Gasteiger partial charge is 0.168 e. The number of rotatable bonds is 6. The van der Waals surface area contributed by atoms with Crippen LogP contribution >= 0.6 is 0 Å². The number of hydrogen-bond acceptors (Lipinski definition) is 6. The number of aromatic nitrogens is 5. The van der Waals surface area contributed by atoms with Crippen molar-refractivity contribution in [1.82, 2.24) is 29.6 Å². The zero-order valence-electron chi connectivity index (χ0n) is 17.5. The van der Waals surface area contributed by atoms with E-state index in [1.165, 1.54) is 12.8 Å². The molecule has 0 saturated carbocycles. The number of fused-ring (bicyclic) bond motifs is 1. The lowest BCUT2D eigenvalue weighted by molar-refractivity contribution is 0.0991. The second kappa shape index (κ2) is 8.35. The second-order valence-electron chi connectivity index (χ2n) is 8.11. The van der Waals surface area contributed by atoms with Gasteiger partial charge in [-0.15, -0.1) is 0 Å². The summed E-state index contributed by atoms with van der Waals surface area (Å²) in [5, 5.41) is 5.19. The Morgan fingerprint density at radius 1 is 0.968 bits per heavy atom. The van der Waals surface area contributed by atoms with Gasteiger partial charge in [-0.2, -0.15) is 5.10 Å². The van der Waals surface area contributed by atoms with Crippen LogP contribution in [0.15, 0.2) is 55.2 Å². The molecule has 4 aromatic rings. The minimum atomic E-state index is 0.0493. The molecule has 1 aliphatic heterocycles. The van der Waals surface area contributed by atoms with Crippen LogP contribution < -0.4 is 0 Å². The molecule has 7 heteroatoms. The van der Waals surface area contributed by atoms with Crippen LogP contribution in [-0.2, 0) is 20.0 Å². The molecule has 7 nitrogen and oxygen atoms in total. The number of carbonyl (C=O) groups excluding carboxylic acids is 1. The standard InChI is InChI=1S/C24H24N6O/c1-29-15-20(13-28-29)19-8-18-10-21(26-14-23(18)27-12-19)11-24(31)17-4-5-25-22(9-17)16-30-6-2-3-7-30/h4-5,8-10,12-15H,2-3,6-7,11,16H2,1H3. The third-order valence-corrected chi connectivity index (χ3v) is 5.73. The average molecular weight is 412 g/mol. The van der Waals surface area contributed by atoms with Crippen molar-refractivity contribution in [3.63, 3.8) is 0 Å². The van der Waals surface area contributed by atoms with E-state index in [1.807, 2.05) is 37.8 Å². The molecule has 5 heterocycles. The summed E-state index contributed by atoms with van der Waals surface area (Å²) in [6.07, 6.45) is 11.8. The van der Waals surface area contributed by atoms with Crippen LogP contribution in [0.1, 0.15) is 34.6 Å². The molecule has 4 aromatic heterocycles. The van der Waals surface area contributed by atoms with Crippen molar-refractivity contribution in [3.05, 3.63) is 72.2 Å². The van der Waals surface area contributed by atoms with Crippen molar-refractivity contribution in [2.75, 3.05) is 13.1 Å². The first-order chi connectivity index (χ1) is 15.1. The maximum Gasteiger partial charge on any atom is 0.168 e. The molecule has 0 unspecified atom stereocenters. The van der Waals surface area contributed by atoms with Gasteiger partial charge in [0.2, 0.25) is 0 Å². The Balaban J connectivity index is 1.35. The van der Waals surface area contributed by atoms with E-state index in [2.05, 4.69) is 31.0 Å². The van der Waals surface area contributed by atoms with Gasteiger partial charge >= 0.3 is 0 Å². The van der Waals surface area contributed by atoms with E-state index in [1.54, 1.807) is 23.1 Å². The molecule has 156 valence electrons. The molecule has 31 heavy (non-hydrogen) atoms. The lowest BCUT2D eigenvalue weighted by atomic mass is 10.0. The number of aryl methyl sites for hydroxylation is 1. The van der Waals surface area contributed by atoms with Crippen LogP contribution in [0.4, 0.5) is 0 Å². The van der Waals surface area contributed by atoms with Crippen molar-refractivity contribution >= 4 is 16.7 Å². The molecule has 0 bridgehead atoms. The van der Waals surface area contributed by atoms with Crippen LogP contribution in [0, 0.1) is 0 Å². The Bertz CT molecular complexity index is 1240. The van der Waals surface area contributed by atoms with E-state index in [9.17, 15) is 4.79 Å². The molecule has 0 aromatic carbocycles. The monoisotopic (exact) mass is 412 g/mol. The van der Waals surface area contributed by atoms with Gasteiger partial charge in [0.15, 0.2) is 5.78 Å². The van der Waals surface area contributed by atoms with Gasteiger partial charge in [0, 0.05) is 60.0 Å². The van der Waals surface area contributed by atoms with E-state index in [-0.39, 0.29) is 12.2 Å². The minimum Gasteiger partial charge on any atom is -0.298 e. The van der Waals surface area contributed by atoms with Gasteiger partial charge in [0.25, 0.3) is 0 Å². The Morgan fingerprint density at radius 2 is 1.84 bits per heavy atom. The summed E-state index contributed by atoms with van der Waals surface area (Å²) in [4.78, 5) is 28.7. The van der Waals surface area contributed by atoms with E-state index < -0.39 is 0 Å². The van der Waals surface area contributed by atoms with Crippen LogP contribution in [0.2, 0.25) is 0 Å². The van der Waals surface area contributed by atoms with Crippen LogP contribution in [0.25, 0.3) is 22.0 Å². The van der Waals surface area contributed by atoms with Crippen molar-refractivity contribution in [2.24, 2.45) is 7.05 Å². The first-order valence-corrected chi connectivity index (χ1v) is 10.6. The minimum absolute atomic E-state index is 0.0493. The fourth-order valence-electron chi connectivity index (χ4n) is 4.08. The number of carbonyl (C=O) groups is 1.